The van der Waals surface area contributed by atoms with Crippen LogP contribution in [0.25, 0.3) is 0 Å². The van der Waals surface area contributed by atoms with Crippen LogP contribution in [0.1, 0.15) is 6.92 Å². The Morgan fingerprint density at radius 2 is 1.60 bits per heavy atom. The molecule has 1 aliphatic rings. The van der Waals surface area contributed by atoms with E-state index in [1.54, 1.807) is 19.1 Å². The molecule has 1 fully saturated rings. The lowest BCUT2D eigenvalue weighted by Crippen LogP contribution is -2.53. The molecule has 1 aromatic carbocycles. The van der Waals surface area contributed by atoms with Gasteiger partial charge in [0.05, 0.1) is 6.61 Å². The average Bonchev–Trinajstić information content (AvgIpc) is 2.61. The first kappa shape index (κ1) is 18.6. The molecule has 0 saturated carbocycles. The molecule has 1 aliphatic heterocycles. The highest BCUT2D eigenvalue weighted by molar-refractivity contribution is 6.39. The third kappa shape index (κ3) is 4.85. The summed E-state index contributed by atoms with van der Waals surface area (Å²) in [5, 5.41) is 2.61. The lowest BCUT2D eigenvalue weighted by molar-refractivity contribution is -0.144. The van der Waals surface area contributed by atoms with Gasteiger partial charge in [0.2, 0.25) is 0 Å². The monoisotopic (exact) mass is 348 g/mol. The number of ether oxygens (including phenoxy) is 1. The van der Waals surface area contributed by atoms with Crippen molar-refractivity contribution in [3.05, 3.63) is 24.3 Å². The minimum absolute atomic E-state index is 0.310. The van der Waals surface area contributed by atoms with Crippen molar-refractivity contribution in [3.8, 4) is 0 Å². The molecule has 0 bridgehead atoms. The van der Waals surface area contributed by atoms with Gasteiger partial charge in [0.25, 0.3) is 0 Å². The molecule has 2 rings (SSSR count). The number of rotatable bonds is 3. The summed E-state index contributed by atoms with van der Waals surface area (Å²) in [5.41, 5.74) is 1.56. The summed E-state index contributed by atoms with van der Waals surface area (Å²) in [7, 11) is 3.85. The van der Waals surface area contributed by atoms with Gasteiger partial charge in [-0.1, -0.05) is 0 Å². The standard InChI is InChI=1S/C17H24N4O4/c1-4-25-17(24)21-11-9-20(10-12-21)16(23)15(22)18-13-5-7-14(8-6-13)19(2)3/h5-8H,4,9-12H2,1-3H3,(H,18,22). The van der Waals surface area contributed by atoms with Crippen molar-refractivity contribution in [2.24, 2.45) is 0 Å². The van der Waals surface area contributed by atoms with Gasteiger partial charge in [0, 0.05) is 51.6 Å². The molecule has 0 radical (unpaired) electrons. The van der Waals surface area contributed by atoms with Gasteiger partial charge in [0.15, 0.2) is 0 Å². The molecule has 8 nitrogen and oxygen atoms in total. The fraction of sp³-hybridized carbons (Fsp3) is 0.471. The first-order chi connectivity index (χ1) is 11.9. The number of carbonyl (C=O) groups excluding carboxylic acids is 3. The van der Waals surface area contributed by atoms with Gasteiger partial charge in [0.1, 0.15) is 0 Å². The van der Waals surface area contributed by atoms with Crippen LogP contribution in [-0.4, -0.2) is 74.6 Å². The molecular weight excluding hydrogens is 324 g/mol. The number of hydrogen-bond acceptors (Lipinski definition) is 5. The van der Waals surface area contributed by atoms with Crippen molar-refractivity contribution in [3.63, 3.8) is 0 Å². The van der Waals surface area contributed by atoms with Crippen LogP contribution in [0, 0.1) is 0 Å². The number of nitrogens with one attached hydrogen (secondary N) is 1. The lowest BCUT2D eigenvalue weighted by atomic mass is 10.2. The van der Waals surface area contributed by atoms with Gasteiger partial charge in [-0.3, -0.25) is 9.59 Å². The van der Waals surface area contributed by atoms with E-state index >= 15 is 0 Å². The second-order valence-electron chi connectivity index (χ2n) is 5.87. The van der Waals surface area contributed by atoms with Crippen molar-refractivity contribution >= 4 is 29.3 Å². The predicted molar refractivity (Wildman–Crippen MR) is 94.6 cm³/mol. The van der Waals surface area contributed by atoms with E-state index in [0.717, 1.165) is 5.69 Å². The molecule has 1 N–H and O–H groups in total. The molecule has 1 aromatic rings. The maximum atomic E-state index is 12.3. The normalized spacial score (nSPS) is 14.0. The topological polar surface area (TPSA) is 82.2 Å². The highest BCUT2D eigenvalue weighted by Crippen LogP contribution is 2.16. The Labute approximate surface area is 147 Å². The Morgan fingerprint density at radius 3 is 2.12 bits per heavy atom. The molecule has 0 atom stereocenters. The molecular formula is C17H24N4O4. The predicted octanol–water partition coefficient (Wildman–Crippen LogP) is 0.992. The van der Waals surface area contributed by atoms with Gasteiger partial charge >= 0.3 is 17.9 Å². The summed E-state index contributed by atoms with van der Waals surface area (Å²) in [5.74, 6) is -1.28. The van der Waals surface area contributed by atoms with Crippen LogP contribution in [0.3, 0.4) is 0 Å². The Bertz CT molecular complexity index is 622. The zero-order valence-corrected chi connectivity index (χ0v) is 14.8. The highest BCUT2D eigenvalue weighted by Gasteiger charge is 2.28. The minimum Gasteiger partial charge on any atom is -0.450 e. The van der Waals surface area contributed by atoms with E-state index in [-0.39, 0.29) is 6.09 Å². The summed E-state index contributed by atoms with van der Waals surface area (Å²) < 4.78 is 4.93. The maximum Gasteiger partial charge on any atom is 0.409 e. The van der Waals surface area contributed by atoms with Crippen molar-refractivity contribution < 1.29 is 19.1 Å². The van der Waals surface area contributed by atoms with Crippen molar-refractivity contribution in [2.45, 2.75) is 6.92 Å². The van der Waals surface area contributed by atoms with Crippen LogP contribution in [0.15, 0.2) is 24.3 Å². The molecule has 25 heavy (non-hydrogen) atoms. The van der Waals surface area contributed by atoms with Gasteiger partial charge in [-0.05, 0) is 31.2 Å². The first-order valence-electron chi connectivity index (χ1n) is 8.21. The van der Waals surface area contributed by atoms with E-state index in [9.17, 15) is 14.4 Å². The lowest BCUT2D eigenvalue weighted by Gasteiger charge is -2.33. The first-order valence-corrected chi connectivity index (χ1v) is 8.21. The zero-order valence-electron chi connectivity index (χ0n) is 14.8. The van der Waals surface area contributed by atoms with Crippen molar-refractivity contribution in [1.82, 2.24) is 9.80 Å². The van der Waals surface area contributed by atoms with Gasteiger partial charge in [-0.2, -0.15) is 0 Å². The Morgan fingerprint density at radius 1 is 1.04 bits per heavy atom. The van der Waals surface area contributed by atoms with E-state index in [4.69, 9.17) is 4.74 Å². The number of piperazine rings is 1. The van der Waals surface area contributed by atoms with Crippen molar-refractivity contribution in [2.75, 3.05) is 57.1 Å². The van der Waals surface area contributed by atoms with Crippen LogP contribution in [0.5, 0.6) is 0 Å². The number of anilines is 2. The van der Waals surface area contributed by atoms with Crippen LogP contribution in [0.4, 0.5) is 16.2 Å². The minimum atomic E-state index is -0.679. The molecule has 1 heterocycles. The number of hydrogen-bond donors (Lipinski definition) is 1. The van der Waals surface area contributed by atoms with Crippen LogP contribution in [0.2, 0.25) is 0 Å². The fourth-order valence-electron chi connectivity index (χ4n) is 2.48. The Hall–Kier alpha value is -2.77. The average molecular weight is 348 g/mol. The summed E-state index contributed by atoms with van der Waals surface area (Å²) >= 11 is 0. The van der Waals surface area contributed by atoms with E-state index in [1.807, 2.05) is 31.1 Å². The van der Waals surface area contributed by atoms with E-state index < -0.39 is 11.8 Å². The molecule has 8 heteroatoms. The van der Waals surface area contributed by atoms with Gasteiger partial charge in [-0.25, -0.2) is 4.79 Å². The Kier molecular flexibility index (Phi) is 6.21. The summed E-state index contributed by atoms with van der Waals surface area (Å²) in [6, 6.07) is 7.22. The number of carbonyl (C=O) groups is 3. The van der Waals surface area contributed by atoms with E-state index in [0.29, 0.717) is 38.5 Å². The van der Waals surface area contributed by atoms with Crippen LogP contribution in [-0.2, 0) is 14.3 Å². The summed E-state index contributed by atoms with van der Waals surface area (Å²) in [6.45, 7) is 3.39. The van der Waals surface area contributed by atoms with Gasteiger partial charge in [-0.15, -0.1) is 0 Å². The number of nitrogens with zero attached hydrogens (tertiary/aromatic N) is 3. The SMILES string of the molecule is CCOC(=O)N1CCN(C(=O)C(=O)Nc2ccc(N(C)C)cc2)CC1. The van der Waals surface area contributed by atoms with Crippen LogP contribution < -0.4 is 10.2 Å². The van der Waals surface area contributed by atoms with E-state index in [2.05, 4.69) is 5.32 Å². The molecule has 1 saturated heterocycles. The van der Waals surface area contributed by atoms with E-state index in [1.165, 1.54) is 9.80 Å². The second-order valence-corrected chi connectivity index (χ2v) is 5.87. The van der Waals surface area contributed by atoms with Crippen LogP contribution >= 0.6 is 0 Å². The third-order valence-corrected chi connectivity index (χ3v) is 3.93. The quantitative estimate of drug-likeness (QED) is 0.824. The molecule has 0 unspecified atom stereocenters. The molecule has 136 valence electrons. The zero-order chi connectivity index (χ0) is 18.4. The summed E-state index contributed by atoms with van der Waals surface area (Å²) in [6.07, 6.45) is -0.389. The maximum absolute atomic E-state index is 12.3. The number of benzene rings is 1. The number of amides is 3. The molecule has 3 amide bonds. The third-order valence-electron chi connectivity index (χ3n) is 3.93. The molecule has 0 aromatic heterocycles. The summed E-state index contributed by atoms with van der Waals surface area (Å²) in [4.78, 5) is 40.9. The van der Waals surface area contributed by atoms with Crippen molar-refractivity contribution in [1.29, 1.82) is 0 Å². The largest absolute Gasteiger partial charge is 0.450 e. The molecule has 0 aliphatic carbocycles. The Balaban J connectivity index is 1.86. The smallest absolute Gasteiger partial charge is 0.409 e. The fourth-order valence-corrected chi connectivity index (χ4v) is 2.48. The second kappa shape index (κ2) is 8.36. The van der Waals surface area contributed by atoms with Gasteiger partial charge < -0.3 is 24.8 Å². The highest BCUT2D eigenvalue weighted by atomic mass is 16.6. The molecule has 0 spiro atoms.